The fourth-order valence-corrected chi connectivity index (χ4v) is 2.39. The first-order valence-electron chi connectivity index (χ1n) is 6.56. The number of rotatable bonds is 7. The van der Waals surface area contributed by atoms with Gasteiger partial charge in [-0.1, -0.05) is 49.0 Å². The average Bonchev–Trinajstić information content (AvgIpc) is 2.44. The van der Waals surface area contributed by atoms with E-state index in [2.05, 4.69) is 5.32 Å². The van der Waals surface area contributed by atoms with E-state index in [4.69, 9.17) is 0 Å². The standard InChI is InChI=1S/C15H19NO3S/c1-3-9-20-15(19)14(18)13(16-11(2)17)10-12-7-5-4-6-8-12/h4-8,13H,3,9-10H2,1-2H3,(H,16,17)/t13-/m0/s1. The quantitative estimate of drug-likeness (QED) is 0.781. The van der Waals surface area contributed by atoms with Gasteiger partial charge >= 0.3 is 0 Å². The van der Waals surface area contributed by atoms with E-state index in [0.717, 1.165) is 23.7 Å². The van der Waals surface area contributed by atoms with E-state index in [1.807, 2.05) is 37.3 Å². The monoisotopic (exact) mass is 293 g/mol. The Labute approximate surface area is 123 Å². The van der Waals surface area contributed by atoms with Crippen molar-refractivity contribution in [2.24, 2.45) is 0 Å². The summed E-state index contributed by atoms with van der Waals surface area (Å²) in [7, 11) is 0. The Balaban J connectivity index is 2.75. The molecule has 5 heteroatoms. The minimum Gasteiger partial charge on any atom is -0.346 e. The highest BCUT2D eigenvalue weighted by Crippen LogP contribution is 2.10. The summed E-state index contributed by atoms with van der Waals surface area (Å²) in [5, 5.41) is 2.08. The van der Waals surface area contributed by atoms with Crippen LogP contribution in [-0.4, -0.2) is 28.6 Å². The number of amides is 1. The van der Waals surface area contributed by atoms with Gasteiger partial charge in [-0.3, -0.25) is 14.4 Å². The topological polar surface area (TPSA) is 63.2 Å². The number of benzene rings is 1. The molecule has 4 nitrogen and oxygen atoms in total. The van der Waals surface area contributed by atoms with Gasteiger partial charge in [-0.15, -0.1) is 0 Å². The zero-order chi connectivity index (χ0) is 15.0. The Kier molecular flexibility index (Phi) is 7.01. The van der Waals surface area contributed by atoms with E-state index < -0.39 is 16.9 Å². The van der Waals surface area contributed by atoms with Gasteiger partial charge in [0.1, 0.15) is 6.04 Å². The van der Waals surface area contributed by atoms with Gasteiger partial charge < -0.3 is 5.32 Å². The molecular weight excluding hydrogens is 274 g/mol. The average molecular weight is 293 g/mol. The molecule has 0 unspecified atom stereocenters. The summed E-state index contributed by atoms with van der Waals surface area (Å²) in [6.07, 6.45) is 1.16. The van der Waals surface area contributed by atoms with E-state index in [9.17, 15) is 14.4 Å². The first-order valence-corrected chi connectivity index (χ1v) is 7.55. The summed E-state index contributed by atoms with van der Waals surface area (Å²) in [5.41, 5.74) is 0.910. The minimum absolute atomic E-state index is 0.312. The number of thioether (sulfide) groups is 1. The van der Waals surface area contributed by atoms with Gasteiger partial charge in [-0.05, 0) is 12.0 Å². The summed E-state index contributed by atoms with van der Waals surface area (Å²) in [5.74, 6) is -0.238. The lowest BCUT2D eigenvalue weighted by Crippen LogP contribution is -2.43. The number of ketones is 1. The molecular formula is C15H19NO3S. The Morgan fingerprint density at radius 2 is 1.85 bits per heavy atom. The van der Waals surface area contributed by atoms with Crippen molar-refractivity contribution in [2.75, 3.05) is 5.75 Å². The SMILES string of the molecule is CCCSC(=O)C(=O)[C@H](Cc1ccccc1)NC(C)=O. The molecule has 0 bridgehead atoms. The second-order valence-corrected chi connectivity index (χ2v) is 5.51. The van der Waals surface area contributed by atoms with E-state index in [1.54, 1.807) is 0 Å². The second kappa shape index (κ2) is 8.53. The van der Waals surface area contributed by atoms with Crippen LogP contribution in [0.3, 0.4) is 0 Å². The van der Waals surface area contributed by atoms with Gasteiger partial charge in [0, 0.05) is 19.1 Å². The minimum atomic E-state index is -0.785. The fraction of sp³-hybridized carbons (Fsp3) is 0.400. The van der Waals surface area contributed by atoms with Gasteiger partial charge in [0.05, 0.1) is 0 Å². The highest BCUT2D eigenvalue weighted by molar-refractivity contribution is 8.15. The number of hydrogen-bond acceptors (Lipinski definition) is 4. The largest absolute Gasteiger partial charge is 0.346 e. The van der Waals surface area contributed by atoms with Gasteiger partial charge in [0.2, 0.25) is 11.7 Å². The first kappa shape index (κ1) is 16.4. The Morgan fingerprint density at radius 1 is 1.20 bits per heavy atom. The molecule has 1 atom stereocenters. The maximum atomic E-state index is 12.1. The molecule has 1 aromatic rings. The Bertz CT molecular complexity index is 473. The van der Waals surface area contributed by atoms with Crippen LogP contribution in [0, 0.1) is 0 Å². The van der Waals surface area contributed by atoms with Crippen molar-refractivity contribution >= 4 is 28.6 Å². The van der Waals surface area contributed by atoms with E-state index in [0.29, 0.717) is 12.2 Å². The molecule has 0 aliphatic heterocycles. The van der Waals surface area contributed by atoms with Gasteiger partial charge in [-0.2, -0.15) is 0 Å². The highest BCUT2D eigenvalue weighted by atomic mass is 32.2. The number of carbonyl (C=O) groups is 3. The molecule has 0 saturated heterocycles. The molecule has 0 heterocycles. The van der Waals surface area contributed by atoms with Crippen molar-refractivity contribution in [3.63, 3.8) is 0 Å². The van der Waals surface area contributed by atoms with Crippen LogP contribution in [0.4, 0.5) is 0 Å². The summed E-state index contributed by atoms with van der Waals surface area (Å²) >= 11 is 1.01. The molecule has 20 heavy (non-hydrogen) atoms. The lowest BCUT2D eigenvalue weighted by atomic mass is 10.0. The molecule has 0 radical (unpaired) electrons. The molecule has 1 rings (SSSR count). The predicted octanol–water partition coefficient (Wildman–Crippen LogP) is 1.97. The van der Waals surface area contributed by atoms with Crippen molar-refractivity contribution in [3.8, 4) is 0 Å². The van der Waals surface area contributed by atoms with Crippen molar-refractivity contribution < 1.29 is 14.4 Å². The van der Waals surface area contributed by atoms with Gasteiger partial charge in [0.25, 0.3) is 5.12 Å². The molecule has 0 aliphatic rings. The molecule has 0 aromatic heterocycles. The van der Waals surface area contributed by atoms with Crippen molar-refractivity contribution in [2.45, 2.75) is 32.7 Å². The van der Waals surface area contributed by atoms with Crippen LogP contribution in [0.2, 0.25) is 0 Å². The lowest BCUT2D eigenvalue weighted by Gasteiger charge is -2.15. The molecule has 1 N–H and O–H groups in total. The van der Waals surface area contributed by atoms with E-state index in [-0.39, 0.29) is 5.91 Å². The molecule has 0 saturated carbocycles. The summed E-state index contributed by atoms with van der Waals surface area (Å²) < 4.78 is 0. The van der Waals surface area contributed by atoms with Crippen LogP contribution in [0.1, 0.15) is 25.8 Å². The Hall–Kier alpha value is -1.62. The Morgan fingerprint density at radius 3 is 2.40 bits per heavy atom. The lowest BCUT2D eigenvalue weighted by molar-refractivity contribution is -0.134. The zero-order valence-corrected chi connectivity index (χ0v) is 12.5. The predicted molar refractivity (Wildman–Crippen MR) is 80.5 cm³/mol. The summed E-state index contributed by atoms with van der Waals surface area (Å²) in [6.45, 7) is 3.29. The number of carbonyl (C=O) groups excluding carboxylic acids is 3. The zero-order valence-electron chi connectivity index (χ0n) is 11.7. The van der Waals surface area contributed by atoms with E-state index >= 15 is 0 Å². The van der Waals surface area contributed by atoms with Gasteiger partial charge in [-0.25, -0.2) is 0 Å². The molecule has 1 amide bonds. The van der Waals surface area contributed by atoms with Crippen LogP contribution >= 0.6 is 11.8 Å². The number of Topliss-reactive ketones (excluding diaryl/α,β-unsaturated/α-hetero) is 1. The molecule has 108 valence electrons. The first-order chi connectivity index (χ1) is 9.54. The van der Waals surface area contributed by atoms with Crippen LogP contribution < -0.4 is 5.32 Å². The molecule has 0 spiro atoms. The van der Waals surface area contributed by atoms with Crippen molar-refractivity contribution in [1.29, 1.82) is 0 Å². The second-order valence-electron chi connectivity index (χ2n) is 4.44. The third kappa shape index (κ3) is 5.57. The van der Waals surface area contributed by atoms with Crippen LogP contribution in [0.5, 0.6) is 0 Å². The summed E-state index contributed by atoms with van der Waals surface area (Å²) in [6, 6.07) is 8.54. The van der Waals surface area contributed by atoms with Crippen LogP contribution in [0.25, 0.3) is 0 Å². The maximum absolute atomic E-state index is 12.1. The number of hydrogen-bond donors (Lipinski definition) is 1. The van der Waals surface area contributed by atoms with Crippen LogP contribution in [0.15, 0.2) is 30.3 Å². The van der Waals surface area contributed by atoms with Crippen LogP contribution in [-0.2, 0) is 20.8 Å². The van der Waals surface area contributed by atoms with Gasteiger partial charge in [0.15, 0.2) is 0 Å². The van der Waals surface area contributed by atoms with Crippen molar-refractivity contribution in [3.05, 3.63) is 35.9 Å². The van der Waals surface area contributed by atoms with Crippen molar-refractivity contribution in [1.82, 2.24) is 5.32 Å². The summed E-state index contributed by atoms with van der Waals surface area (Å²) in [4.78, 5) is 35.1. The molecule has 0 fully saturated rings. The highest BCUT2D eigenvalue weighted by Gasteiger charge is 2.26. The normalized spacial score (nSPS) is 11.7. The maximum Gasteiger partial charge on any atom is 0.257 e. The van der Waals surface area contributed by atoms with E-state index in [1.165, 1.54) is 6.92 Å². The molecule has 0 aliphatic carbocycles. The number of nitrogens with one attached hydrogen (secondary N) is 1. The third-order valence-electron chi connectivity index (χ3n) is 2.62. The molecule has 1 aromatic carbocycles. The fourth-order valence-electron chi connectivity index (χ4n) is 1.71. The third-order valence-corrected chi connectivity index (χ3v) is 3.69. The smallest absolute Gasteiger partial charge is 0.257 e.